The van der Waals surface area contributed by atoms with Crippen LogP contribution < -0.4 is 27.0 Å². The summed E-state index contributed by atoms with van der Waals surface area (Å²) in [4.78, 5) is 46.1. The highest BCUT2D eigenvalue weighted by Crippen LogP contribution is 2.18. The van der Waals surface area contributed by atoms with Crippen molar-refractivity contribution in [3.63, 3.8) is 0 Å². The maximum Gasteiger partial charge on any atom is 0.248 e. The highest BCUT2D eigenvalue weighted by Gasteiger charge is 2.08. The van der Waals surface area contributed by atoms with Gasteiger partial charge in [0, 0.05) is 41.7 Å². The molecule has 0 fully saturated rings. The van der Waals surface area contributed by atoms with Crippen LogP contribution in [-0.4, -0.2) is 66.3 Å². The molecule has 3 aromatic rings. The molecule has 0 atom stereocenters. The summed E-state index contributed by atoms with van der Waals surface area (Å²) in [5.41, 5.74) is 8.37. The number of carbonyl (C=O) groups excluding carboxylic acids is 3. The first kappa shape index (κ1) is 30.3. The third-order valence-corrected chi connectivity index (χ3v) is 5.43. The molecule has 212 valence electrons. The van der Waals surface area contributed by atoms with E-state index in [1.165, 1.54) is 6.08 Å². The fourth-order valence-electron chi connectivity index (χ4n) is 3.34. The molecule has 41 heavy (non-hydrogen) atoms. The van der Waals surface area contributed by atoms with Gasteiger partial charge in [-0.15, -0.1) is 0 Å². The summed E-state index contributed by atoms with van der Waals surface area (Å²) in [5, 5.41) is 11.7. The van der Waals surface area contributed by atoms with Crippen LogP contribution in [0.4, 0.5) is 23.1 Å². The Bertz CT molecular complexity index is 1440. The molecule has 0 spiro atoms. The van der Waals surface area contributed by atoms with Crippen molar-refractivity contribution in [2.45, 2.75) is 13.3 Å². The number of carbonyl (C=O) groups is 3. The van der Waals surface area contributed by atoms with Gasteiger partial charge in [0.15, 0.2) is 0 Å². The Hall–Kier alpha value is -5.21. The fraction of sp³-hybridized carbons (Fsp3) is 0.233. The lowest BCUT2D eigenvalue weighted by Gasteiger charge is -2.10. The number of nitrogens with zero attached hydrogens (tertiary/aromatic N) is 3. The van der Waals surface area contributed by atoms with Gasteiger partial charge in [-0.05, 0) is 69.0 Å². The van der Waals surface area contributed by atoms with Gasteiger partial charge >= 0.3 is 0 Å². The standard InChI is InChI=1S/C30H34N8O3/c1-4-17-32-29-23(19-34-30(37-29)36-25-15-11-22(12-16-25)28(31)41)10-7-21-8-13-24(14-9-21)35-27(40)20-33-26(39)6-5-18-38(2)3/h5-6,8-9,11-16,19H,4,17-18,20H2,1-3H3,(H2,31,41)(H,33,39)(H,35,40)(H2,32,34,36,37)/b6-5+. The predicted octanol–water partition coefficient (Wildman–Crippen LogP) is 2.71. The molecule has 1 aromatic heterocycles. The predicted molar refractivity (Wildman–Crippen MR) is 161 cm³/mol. The minimum Gasteiger partial charge on any atom is -0.369 e. The summed E-state index contributed by atoms with van der Waals surface area (Å²) in [6.07, 6.45) is 5.67. The highest BCUT2D eigenvalue weighted by atomic mass is 16.2. The number of hydrogen-bond acceptors (Lipinski definition) is 8. The quantitative estimate of drug-likeness (QED) is 0.169. The molecule has 3 amide bonds. The van der Waals surface area contributed by atoms with E-state index in [1.807, 2.05) is 19.0 Å². The SMILES string of the molecule is CCCNc1nc(Nc2ccc(C(N)=O)cc2)ncc1C#Cc1ccc(NC(=O)CNC(=O)/C=C/CN(C)C)cc1. The Labute approximate surface area is 239 Å². The van der Waals surface area contributed by atoms with E-state index in [1.54, 1.807) is 60.8 Å². The zero-order valence-electron chi connectivity index (χ0n) is 23.3. The molecular formula is C30H34N8O3. The monoisotopic (exact) mass is 554 g/mol. The van der Waals surface area contributed by atoms with E-state index in [2.05, 4.69) is 50.0 Å². The number of amides is 3. The largest absolute Gasteiger partial charge is 0.369 e. The second kappa shape index (κ2) is 15.4. The van der Waals surface area contributed by atoms with Gasteiger partial charge in [0.1, 0.15) is 5.82 Å². The first-order valence-corrected chi connectivity index (χ1v) is 13.0. The summed E-state index contributed by atoms with van der Waals surface area (Å²) < 4.78 is 0. The van der Waals surface area contributed by atoms with E-state index in [9.17, 15) is 14.4 Å². The molecule has 6 N–H and O–H groups in total. The molecule has 0 saturated heterocycles. The van der Waals surface area contributed by atoms with E-state index in [4.69, 9.17) is 5.73 Å². The van der Waals surface area contributed by atoms with Crippen LogP contribution in [0.25, 0.3) is 0 Å². The average Bonchev–Trinajstić information content (AvgIpc) is 2.95. The van der Waals surface area contributed by atoms with Crippen LogP contribution in [0.3, 0.4) is 0 Å². The fourth-order valence-corrected chi connectivity index (χ4v) is 3.34. The van der Waals surface area contributed by atoms with Crippen LogP contribution in [0.15, 0.2) is 66.9 Å². The van der Waals surface area contributed by atoms with Crippen molar-refractivity contribution in [2.24, 2.45) is 5.73 Å². The number of rotatable bonds is 12. The van der Waals surface area contributed by atoms with Crippen LogP contribution >= 0.6 is 0 Å². The third kappa shape index (κ3) is 10.5. The zero-order valence-corrected chi connectivity index (χ0v) is 23.3. The first-order valence-electron chi connectivity index (χ1n) is 13.0. The second-order valence-electron chi connectivity index (χ2n) is 9.21. The highest BCUT2D eigenvalue weighted by molar-refractivity contribution is 5.96. The Morgan fingerprint density at radius 3 is 2.37 bits per heavy atom. The van der Waals surface area contributed by atoms with Crippen molar-refractivity contribution < 1.29 is 14.4 Å². The van der Waals surface area contributed by atoms with E-state index < -0.39 is 5.91 Å². The van der Waals surface area contributed by atoms with E-state index >= 15 is 0 Å². The lowest BCUT2D eigenvalue weighted by Crippen LogP contribution is -2.31. The average molecular weight is 555 g/mol. The number of nitrogens with one attached hydrogen (secondary N) is 4. The lowest BCUT2D eigenvalue weighted by atomic mass is 10.2. The number of primary amides is 1. The van der Waals surface area contributed by atoms with Gasteiger partial charge in [0.05, 0.1) is 18.3 Å². The molecule has 0 aliphatic carbocycles. The molecule has 0 radical (unpaired) electrons. The Morgan fingerprint density at radius 2 is 1.71 bits per heavy atom. The number of nitrogens with two attached hydrogens (primary N) is 1. The van der Waals surface area contributed by atoms with Gasteiger partial charge in [-0.2, -0.15) is 4.98 Å². The van der Waals surface area contributed by atoms with Gasteiger partial charge in [-0.3, -0.25) is 14.4 Å². The molecule has 2 aromatic carbocycles. The van der Waals surface area contributed by atoms with Crippen LogP contribution in [0.5, 0.6) is 0 Å². The molecule has 0 aliphatic rings. The summed E-state index contributed by atoms with van der Waals surface area (Å²) in [6, 6.07) is 13.8. The number of likely N-dealkylation sites (N-methyl/N-ethyl adjacent to an activating group) is 1. The smallest absolute Gasteiger partial charge is 0.248 e. The van der Waals surface area contributed by atoms with Crippen molar-refractivity contribution in [3.8, 4) is 11.8 Å². The Kier molecular flexibility index (Phi) is 11.4. The molecular weight excluding hydrogens is 520 g/mol. The summed E-state index contributed by atoms with van der Waals surface area (Å²) in [5.74, 6) is 6.01. The first-order chi connectivity index (χ1) is 19.7. The topological polar surface area (TPSA) is 154 Å². The van der Waals surface area contributed by atoms with Crippen molar-refractivity contribution in [1.82, 2.24) is 20.2 Å². The molecule has 11 heteroatoms. The van der Waals surface area contributed by atoms with E-state index in [0.717, 1.165) is 12.0 Å². The zero-order chi connectivity index (χ0) is 29.6. The van der Waals surface area contributed by atoms with Crippen LogP contribution in [-0.2, 0) is 9.59 Å². The van der Waals surface area contributed by atoms with Gasteiger partial charge in [0.2, 0.25) is 23.7 Å². The normalized spacial score (nSPS) is 10.5. The molecule has 3 rings (SSSR count). The number of aromatic nitrogens is 2. The van der Waals surface area contributed by atoms with Gasteiger partial charge in [-0.1, -0.05) is 24.8 Å². The summed E-state index contributed by atoms with van der Waals surface area (Å²) >= 11 is 0. The summed E-state index contributed by atoms with van der Waals surface area (Å²) in [6.45, 7) is 3.26. The van der Waals surface area contributed by atoms with Gasteiger partial charge in [-0.25, -0.2) is 4.98 Å². The van der Waals surface area contributed by atoms with Crippen LogP contribution in [0, 0.1) is 11.8 Å². The molecule has 11 nitrogen and oxygen atoms in total. The number of anilines is 4. The maximum absolute atomic E-state index is 12.2. The molecule has 0 aliphatic heterocycles. The molecule has 0 bridgehead atoms. The number of benzene rings is 2. The lowest BCUT2D eigenvalue weighted by molar-refractivity contribution is -0.121. The van der Waals surface area contributed by atoms with E-state index in [0.29, 0.717) is 47.4 Å². The van der Waals surface area contributed by atoms with Crippen molar-refractivity contribution in [3.05, 3.63) is 83.6 Å². The van der Waals surface area contributed by atoms with Crippen molar-refractivity contribution in [2.75, 3.05) is 49.7 Å². The Balaban J connectivity index is 1.62. The minimum absolute atomic E-state index is 0.135. The number of hydrogen-bond donors (Lipinski definition) is 5. The van der Waals surface area contributed by atoms with Crippen LogP contribution in [0.1, 0.15) is 34.8 Å². The summed E-state index contributed by atoms with van der Waals surface area (Å²) in [7, 11) is 3.80. The van der Waals surface area contributed by atoms with Crippen molar-refractivity contribution in [1.29, 1.82) is 0 Å². The van der Waals surface area contributed by atoms with Crippen molar-refractivity contribution >= 4 is 40.9 Å². The Morgan fingerprint density at radius 1 is 1.00 bits per heavy atom. The van der Waals surface area contributed by atoms with Gasteiger partial charge < -0.3 is 31.9 Å². The van der Waals surface area contributed by atoms with Gasteiger partial charge in [0.25, 0.3) is 0 Å². The second-order valence-corrected chi connectivity index (χ2v) is 9.21. The van der Waals surface area contributed by atoms with Crippen LogP contribution in [0.2, 0.25) is 0 Å². The molecule has 0 unspecified atom stereocenters. The maximum atomic E-state index is 12.2. The third-order valence-electron chi connectivity index (χ3n) is 5.43. The molecule has 0 saturated carbocycles. The molecule has 1 heterocycles. The van der Waals surface area contributed by atoms with E-state index in [-0.39, 0.29) is 18.4 Å². The minimum atomic E-state index is -0.494.